The van der Waals surface area contributed by atoms with Crippen LogP contribution in [0.2, 0.25) is 0 Å². The highest BCUT2D eigenvalue weighted by Crippen LogP contribution is 2.34. The number of hydrogen-bond donors (Lipinski definition) is 3. The molecule has 0 spiro atoms. The lowest BCUT2D eigenvalue weighted by molar-refractivity contribution is -0.129. The van der Waals surface area contributed by atoms with Gasteiger partial charge in [-0.25, -0.2) is 9.97 Å². The second kappa shape index (κ2) is 9.67. The van der Waals surface area contributed by atoms with E-state index in [2.05, 4.69) is 25.9 Å². The molecule has 2 amide bonds. The molecule has 32 heavy (non-hydrogen) atoms. The quantitative estimate of drug-likeness (QED) is 0.582. The third kappa shape index (κ3) is 4.82. The van der Waals surface area contributed by atoms with Crippen LogP contribution in [-0.4, -0.2) is 53.4 Å². The number of hydrogen-bond acceptors (Lipinski definition) is 7. The lowest BCUT2D eigenvalue weighted by Crippen LogP contribution is -2.31. The predicted molar refractivity (Wildman–Crippen MR) is 124 cm³/mol. The fourth-order valence-electron chi connectivity index (χ4n) is 3.69. The van der Waals surface area contributed by atoms with Crippen LogP contribution < -0.4 is 20.7 Å². The van der Waals surface area contributed by atoms with Crippen molar-refractivity contribution in [1.82, 2.24) is 14.9 Å². The molecule has 168 valence electrons. The summed E-state index contributed by atoms with van der Waals surface area (Å²) in [5.41, 5.74) is 2.90. The van der Waals surface area contributed by atoms with Gasteiger partial charge >= 0.3 is 0 Å². The molecule has 0 fully saturated rings. The number of likely N-dealkylation sites (N-methyl/N-ethyl adjacent to an activating group) is 1. The summed E-state index contributed by atoms with van der Waals surface area (Å²) < 4.78 is 5.97. The Hall–Kier alpha value is -3.62. The van der Waals surface area contributed by atoms with Gasteiger partial charge in [0.2, 0.25) is 5.91 Å². The number of benzene rings is 1. The Bertz CT molecular complexity index is 1050. The molecule has 1 aromatic heterocycles. The van der Waals surface area contributed by atoms with E-state index >= 15 is 0 Å². The van der Waals surface area contributed by atoms with Crippen LogP contribution in [0.3, 0.4) is 0 Å². The van der Waals surface area contributed by atoms with Crippen LogP contribution in [-0.2, 0) is 9.59 Å². The van der Waals surface area contributed by atoms with Gasteiger partial charge in [-0.3, -0.25) is 9.59 Å². The number of fused-ring (bicyclic) bond motifs is 2. The molecular weight excluding hydrogens is 408 g/mol. The third-order valence-electron chi connectivity index (χ3n) is 5.62. The number of nitrogens with zero attached hydrogens (tertiary/aromatic N) is 3. The van der Waals surface area contributed by atoms with Crippen LogP contribution in [0, 0.1) is 6.92 Å². The van der Waals surface area contributed by atoms with E-state index in [1.165, 1.54) is 6.33 Å². The molecule has 0 aliphatic carbocycles. The van der Waals surface area contributed by atoms with Gasteiger partial charge in [-0.2, -0.15) is 0 Å². The van der Waals surface area contributed by atoms with Gasteiger partial charge in [0.15, 0.2) is 0 Å². The molecule has 0 saturated carbocycles. The molecule has 0 saturated heterocycles. The molecule has 3 N–H and O–H groups in total. The Morgan fingerprint density at radius 1 is 1.09 bits per heavy atom. The number of nitrogens with one attached hydrogen (secondary N) is 3. The van der Waals surface area contributed by atoms with Gasteiger partial charge in [-0.1, -0.05) is 6.07 Å². The van der Waals surface area contributed by atoms with Crippen LogP contribution in [0.5, 0.6) is 5.75 Å². The van der Waals surface area contributed by atoms with E-state index < -0.39 is 0 Å². The summed E-state index contributed by atoms with van der Waals surface area (Å²) in [5, 5.41) is 9.23. The number of aromatic nitrogens is 2. The van der Waals surface area contributed by atoms with Crippen molar-refractivity contribution in [2.45, 2.75) is 32.6 Å². The highest BCUT2D eigenvalue weighted by Gasteiger charge is 2.29. The van der Waals surface area contributed by atoms with Gasteiger partial charge in [-0.15, -0.1) is 0 Å². The minimum Gasteiger partial charge on any atom is -0.493 e. The number of aryl methyl sites for hydroxylation is 1. The topological polar surface area (TPSA) is 108 Å². The monoisotopic (exact) mass is 436 g/mol. The molecule has 2 aliphatic rings. The lowest BCUT2D eigenvalue weighted by Gasteiger charge is -2.18. The zero-order chi connectivity index (χ0) is 22.5. The largest absolute Gasteiger partial charge is 0.493 e. The summed E-state index contributed by atoms with van der Waals surface area (Å²) in [5.74, 6) is 1.67. The summed E-state index contributed by atoms with van der Waals surface area (Å²) in [4.78, 5) is 35.2. The summed E-state index contributed by atoms with van der Waals surface area (Å²) >= 11 is 0. The zero-order valence-electron chi connectivity index (χ0n) is 18.4. The van der Waals surface area contributed by atoms with E-state index in [4.69, 9.17) is 4.74 Å². The van der Waals surface area contributed by atoms with Crippen molar-refractivity contribution in [2.75, 3.05) is 42.7 Å². The van der Waals surface area contributed by atoms with E-state index in [1.54, 1.807) is 18.1 Å². The number of carbonyl (C=O) groups is 2. The molecule has 1 aromatic carbocycles. The highest BCUT2D eigenvalue weighted by molar-refractivity contribution is 6.32. The van der Waals surface area contributed by atoms with Gasteiger partial charge in [0.25, 0.3) is 5.91 Å². The SMILES string of the molecule is Cc1ccc2cc1OCCCCCC(=O)N(C)CCNc1ncnc3c1/C(=C/N2)C(=O)N3. The normalized spacial score (nSPS) is 19.1. The van der Waals surface area contributed by atoms with Crippen molar-refractivity contribution < 1.29 is 14.3 Å². The predicted octanol–water partition coefficient (Wildman–Crippen LogP) is 3.01. The summed E-state index contributed by atoms with van der Waals surface area (Å²) in [6, 6.07) is 5.84. The minimum atomic E-state index is -0.252. The van der Waals surface area contributed by atoms with Crippen LogP contribution in [0.25, 0.3) is 5.57 Å². The maximum Gasteiger partial charge on any atom is 0.259 e. The van der Waals surface area contributed by atoms with Gasteiger partial charge < -0.3 is 25.6 Å². The average molecular weight is 437 g/mol. The second-order valence-corrected chi connectivity index (χ2v) is 7.98. The van der Waals surface area contributed by atoms with Gasteiger partial charge in [-0.05, 0) is 37.8 Å². The van der Waals surface area contributed by atoms with Crippen molar-refractivity contribution in [3.63, 3.8) is 0 Å². The maximum absolute atomic E-state index is 12.6. The van der Waals surface area contributed by atoms with Crippen LogP contribution in [0.15, 0.2) is 30.7 Å². The molecule has 9 heteroatoms. The lowest BCUT2D eigenvalue weighted by atomic mass is 10.1. The molecule has 2 bridgehead atoms. The number of ether oxygens (including phenoxy) is 1. The average Bonchev–Trinajstić information content (AvgIpc) is 3.11. The van der Waals surface area contributed by atoms with Crippen LogP contribution >= 0.6 is 0 Å². The van der Waals surface area contributed by atoms with E-state index in [9.17, 15) is 9.59 Å². The smallest absolute Gasteiger partial charge is 0.259 e. The van der Waals surface area contributed by atoms with Gasteiger partial charge in [0, 0.05) is 44.5 Å². The molecule has 0 atom stereocenters. The second-order valence-electron chi connectivity index (χ2n) is 7.98. The Labute approximate surface area is 187 Å². The first-order chi connectivity index (χ1) is 15.5. The Morgan fingerprint density at radius 2 is 1.94 bits per heavy atom. The molecular formula is C23H28N6O3. The third-order valence-corrected chi connectivity index (χ3v) is 5.62. The minimum absolute atomic E-state index is 0.115. The van der Waals surface area contributed by atoms with E-state index in [-0.39, 0.29) is 11.8 Å². The first kappa shape index (κ1) is 21.6. The summed E-state index contributed by atoms with van der Waals surface area (Å²) in [7, 11) is 1.80. The Morgan fingerprint density at radius 3 is 2.81 bits per heavy atom. The highest BCUT2D eigenvalue weighted by atomic mass is 16.5. The van der Waals surface area contributed by atoms with Crippen LogP contribution in [0.4, 0.5) is 17.3 Å². The summed E-state index contributed by atoms with van der Waals surface area (Å²) in [6.45, 7) is 3.63. The Balaban J connectivity index is 1.63. The molecule has 2 aliphatic heterocycles. The number of anilines is 3. The standard InChI is InChI=1S/C23H28N6O3/c1-15-7-8-16-12-18(15)32-11-5-3-4-6-19(30)29(2)10-9-24-21-20-17(13-25-16)23(31)28-22(20)27-14-26-21/h7-8,12-14,25H,3-6,9-11H2,1-2H3,(H2,24,26,27,28,31)/b17-13-. The first-order valence-corrected chi connectivity index (χ1v) is 10.9. The molecule has 0 unspecified atom stereocenters. The van der Waals surface area contributed by atoms with E-state index in [1.807, 2.05) is 25.1 Å². The number of rotatable bonds is 0. The fraction of sp³-hybridized carbons (Fsp3) is 0.391. The maximum atomic E-state index is 12.6. The van der Waals surface area contributed by atoms with E-state index in [0.717, 1.165) is 36.3 Å². The molecule has 0 radical (unpaired) electrons. The van der Waals surface area contributed by atoms with Crippen molar-refractivity contribution in [3.8, 4) is 5.75 Å². The molecule has 3 heterocycles. The van der Waals surface area contributed by atoms with Crippen molar-refractivity contribution in [2.24, 2.45) is 0 Å². The molecule has 9 nitrogen and oxygen atoms in total. The van der Waals surface area contributed by atoms with Gasteiger partial charge in [0.1, 0.15) is 23.7 Å². The van der Waals surface area contributed by atoms with Crippen molar-refractivity contribution in [3.05, 3.63) is 41.9 Å². The Kier molecular flexibility index (Phi) is 6.53. The fourth-order valence-corrected chi connectivity index (χ4v) is 3.69. The molecule has 2 aromatic rings. The zero-order valence-corrected chi connectivity index (χ0v) is 18.4. The van der Waals surface area contributed by atoms with Crippen molar-refractivity contribution >= 4 is 34.7 Å². The number of carbonyl (C=O) groups excluding carboxylic acids is 2. The first-order valence-electron chi connectivity index (χ1n) is 10.9. The summed E-state index contributed by atoms with van der Waals surface area (Å²) in [6.07, 6.45) is 6.24. The van der Waals surface area contributed by atoms with Crippen LogP contribution in [0.1, 0.15) is 36.8 Å². The molecule has 4 rings (SSSR count). The van der Waals surface area contributed by atoms with Gasteiger partial charge in [0.05, 0.1) is 17.7 Å². The van der Waals surface area contributed by atoms with Crippen molar-refractivity contribution in [1.29, 1.82) is 0 Å². The van der Waals surface area contributed by atoms with E-state index in [0.29, 0.717) is 48.9 Å². The number of amides is 2.